The van der Waals surface area contributed by atoms with Crippen molar-refractivity contribution in [1.29, 1.82) is 0 Å². The number of pyridine rings is 1. The van der Waals surface area contributed by atoms with E-state index in [0.29, 0.717) is 37.6 Å². The Balaban J connectivity index is 0.917. The quantitative estimate of drug-likeness (QED) is 0.171. The average Bonchev–Trinajstić information content (AvgIpc) is 3.87. The lowest BCUT2D eigenvalue weighted by atomic mass is 9.79. The summed E-state index contributed by atoms with van der Waals surface area (Å²) in [5.74, 6) is -0.0176. The van der Waals surface area contributed by atoms with Gasteiger partial charge in [0.05, 0.1) is 30.3 Å². The maximum atomic E-state index is 14.3. The van der Waals surface area contributed by atoms with E-state index in [1.54, 1.807) is 43.0 Å². The van der Waals surface area contributed by atoms with Crippen LogP contribution in [0.4, 0.5) is 13.2 Å². The maximum Gasteiger partial charge on any atom is 0.573 e. The second-order valence-electron chi connectivity index (χ2n) is 14.6. The number of alkyl halides is 3. The zero-order valence-electron chi connectivity index (χ0n) is 31.0. The third-order valence-electron chi connectivity index (χ3n) is 10.8. The normalized spacial score (nSPS) is 18.8. The van der Waals surface area contributed by atoms with Gasteiger partial charge in [0.1, 0.15) is 17.1 Å². The van der Waals surface area contributed by atoms with Gasteiger partial charge in [0, 0.05) is 79.2 Å². The molecule has 8 rings (SSSR count). The van der Waals surface area contributed by atoms with E-state index in [9.17, 15) is 27.9 Å². The first kappa shape index (κ1) is 38.3. The number of likely N-dealkylation sites (tertiary alicyclic amines) is 2. The largest absolute Gasteiger partial charge is 0.573 e. The number of nitrogens with zero attached hydrogens (tertiary/aromatic N) is 7. The zero-order chi connectivity index (χ0) is 39.7. The second kappa shape index (κ2) is 15.8. The predicted molar refractivity (Wildman–Crippen MR) is 207 cm³/mol. The molecular weight excluding hydrogens is 760 g/mol. The van der Waals surface area contributed by atoms with Crippen LogP contribution < -0.4 is 15.0 Å². The highest BCUT2D eigenvalue weighted by Gasteiger charge is 2.41. The fourth-order valence-corrected chi connectivity index (χ4v) is 8.86. The number of aromatic nitrogens is 5. The van der Waals surface area contributed by atoms with Crippen molar-refractivity contribution in [3.05, 3.63) is 119 Å². The number of benzene rings is 2. The van der Waals surface area contributed by atoms with E-state index in [1.165, 1.54) is 33.7 Å². The highest BCUT2D eigenvalue weighted by atomic mass is 32.1. The highest BCUT2D eigenvalue weighted by molar-refractivity contribution is 7.15. The van der Waals surface area contributed by atoms with Crippen LogP contribution in [0, 0.1) is 5.92 Å². The molecule has 0 spiro atoms. The number of piperidine rings is 2. The minimum Gasteiger partial charge on any atom is -0.481 e. The Morgan fingerprint density at radius 3 is 2.53 bits per heavy atom. The molecule has 2 atom stereocenters. The molecule has 1 N–H and O–H groups in total. The lowest BCUT2D eigenvalue weighted by Crippen LogP contribution is -2.53. The van der Waals surface area contributed by atoms with Crippen LogP contribution >= 0.6 is 11.3 Å². The Morgan fingerprint density at radius 1 is 0.982 bits per heavy atom. The van der Waals surface area contributed by atoms with Crippen LogP contribution in [0.5, 0.6) is 11.6 Å². The summed E-state index contributed by atoms with van der Waals surface area (Å²) >= 11 is 1.63. The summed E-state index contributed by atoms with van der Waals surface area (Å²) in [7, 11) is 1.58. The number of fused-ring (bicyclic) bond motifs is 1. The Bertz CT molecular complexity index is 2410. The van der Waals surface area contributed by atoms with Crippen LogP contribution in [0.3, 0.4) is 0 Å². The molecule has 2 fully saturated rings. The fourth-order valence-electron chi connectivity index (χ4n) is 7.92. The van der Waals surface area contributed by atoms with E-state index in [2.05, 4.69) is 36.7 Å². The first-order valence-corrected chi connectivity index (χ1v) is 19.4. The van der Waals surface area contributed by atoms with Crippen LogP contribution in [0.25, 0.3) is 27.3 Å². The number of amides is 1. The molecule has 6 heterocycles. The molecule has 4 aromatic heterocycles. The van der Waals surface area contributed by atoms with Crippen LogP contribution in [0.1, 0.15) is 35.6 Å². The van der Waals surface area contributed by atoms with Crippen molar-refractivity contribution >= 4 is 28.3 Å². The fraction of sp³-hybridized carbons (Fsp3) is 0.341. The Morgan fingerprint density at radius 2 is 1.79 bits per heavy atom. The molecule has 57 heavy (non-hydrogen) atoms. The van der Waals surface area contributed by atoms with Gasteiger partial charge in [-0.2, -0.15) is 0 Å². The maximum absolute atomic E-state index is 14.3. The van der Waals surface area contributed by atoms with Crippen molar-refractivity contribution in [2.75, 3.05) is 33.3 Å². The van der Waals surface area contributed by atoms with Crippen molar-refractivity contribution in [3.63, 3.8) is 0 Å². The summed E-state index contributed by atoms with van der Waals surface area (Å²) < 4.78 is 50.5. The minimum atomic E-state index is -4.85. The van der Waals surface area contributed by atoms with Crippen molar-refractivity contribution < 1.29 is 32.5 Å². The van der Waals surface area contributed by atoms with Crippen LogP contribution in [-0.2, 0) is 17.9 Å². The van der Waals surface area contributed by atoms with Gasteiger partial charge in [-0.3, -0.25) is 19.1 Å². The van der Waals surface area contributed by atoms with Gasteiger partial charge in [0.2, 0.25) is 11.8 Å². The molecule has 6 aromatic rings. The number of thiazole rings is 1. The van der Waals surface area contributed by atoms with Crippen LogP contribution in [0.2, 0.25) is 0 Å². The molecule has 296 valence electrons. The van der Waals surface area contributed by atoms with E-state index in [1.807, 2.05) is 41.4 Å². The van der Waals surface area contributed by atoms with Gasteiger partial charge in [-0.25, -0.2) is 15.0 Å². The van der Waals surface area contributed by atoms with E-state index in [4.69, 9.17) is 4.74 Å². The zero-order valence-corrected chi connectivity index (χ0v) is 31.8. The van der Waals surface area contributed by atoms with Gasteiger partial charge in [-0.1, -0.05) is 36.4 Å². The monoisotopic (exact) mass is 799 g/mol. The molecule has 0 radical (unpaired) electrons. The Hall–Kier alpha value is -5.58. The molecule has 1 amide bonds. The summed E-state index contributed by atoms with van der Waals surface area (Å²) in [4.78, 5) is 46.6. The van der Waals surface area contributed by atoms with Gasteiger partial charge in [-0.05, 0) is 55.6 Å². The van der Waals surface area contributed by atoms with E-state index < -0.39 is 23.3 Å². The summed E-state index contributed by atoms with van der Waals surface area (Å²) in [6, 6.07) is 20.9. The molecule has 2 aliphatic rings. The van der Waals surface area contributed by atoms with Gasteiger partial charge in [-0.15, -0.1) is 24.5 Å². The van der Waals surface area contributed by atoms with E-state index in [0.717, 1.165) is 34.1 Å². The predicted octanol–water partition coefficient (Wildman–Crippen LogP) is 6.27. The van der Waals surface area contributed by atoms with Gasteiger partial charge in [0.25, 0.3) is 5.56 Å². The second-order valence-corrected chi connectivity index (χ2v) is 15.7. The Labute approximate surface area is 329 Å². The van der Waals surface area contributed by atoms with Crippen molar-refractivity contribution in [2.24, 2.45) is 5.92 Å². The number of ether oxygens (including phenoxy) is 2. The number of aliphatic hydroxyl groups is 1. The molecule has 0 aliphatic carbocycles. The van der Waals surface area contributed by atoms with Crippen molar-refractivity contribution in [2.45, 2.75) is 50.2 Å². The lowest BCUT2D eigenvalue weighted by molar-refractivity contribution is -0.274. The summed E-state index contributed by atoms with van der Waals surface area (Å²) in [5, 5.41) is 12.8. The molecule has 0 saturated carbocycles. The molecular formula is C41H40F3N7O5S. The molecule has 2 aliphatic heterocycles. The lowest BCUT2D eigenvalue weighted by Gasteiger charge is -2.43. The first-order chi connectivity index (χ1) is 27.4. The van der Waals surface area contributed by atoms with Gasteiger partial charge < -0.3 is 24.0 Å². The van der Waals surface area contributed by atoms with Gasteiger partial charge >= 0.3 is 6.36 Å². The Kier molecular flexibility index (Phi) is 10.6. The van der Waals surface area contributed by atoms with Crippen molar-refractivity contribution in [3.8, 4) is 27.9 Å². The topological polar surface area (TPSA) is 128 Å². The highest BCUT2D eigenvalue weighted by Crippen LogP contribution is 2.37. The van der Waals surface area contributed by atoms with Gasteiger partial charge in [0.15, 0.2) is 5.65 Å². The molecule has 2 aromatic carbocycles. The molecule has 16 heteroatoms. The average molecular weight is 800 g/mol. The summed E-state index contributed by atoms with van der Waals surface area (Å²) in [6.07, 6.45) is 2.97. The number of hydrogen-bond donors (Lipinski definition) is 1. The van der Waals surface area contributed by atoms with Crippen LogP contribution in [0.15, 0.2) is 103 Å². The molecule has 0 unspecified atom stereocenters. The third-order valence-corrected chi connectivity index (χ3v) is 11.9. The van der Waals surface area contributed by atoms with Crippen molar-refractivity contribution in [1.82, 2.24) is 33.9 Å². The number of carbonyl (C=O) groups excluding carboxylic acids is 1. The standard InChI is InChI=1S/C41H40F3N7O5S/c1-55-35-11-10-28(21-45-35)37-46-22-31(57-37)23-48-16-12-32(34(24-48)27-6-3-2-4-7-27)38(52)49-18-14-40(54,15-19-49)25-50-26-47-36-33(39(50)53)13-17-51(36)29-8-5-9-30(20-29)56-41(42,43)44/h2-11,13,17,20-22,26,32,34,54H,12,14-16,18-19,23-25H2,1H3/t32-,34+/m1/s1. The summed E-state index contributed by atoms with van der Waals surface area (Å²) in [6.45, 7) is 2.85. The van der Waals surface area contributed by atoms with E-state index in [-0.39, 0.29) is 48.2 Å². The number of hydrogen-bond acceptors (Lipinski definition) is 10. The van der Waals surface area contributed by atoms with Crippen LogP contribution in [-0.4, -0.2) is 90.2 Å². The molecule has 12 nitrogen and oxygen atoms in total. The smallest absolute Gasteiger partial charge is 0.481 e. The summed E-state index contributed by atoms with van der Waals surface area (Å²) in [5.41, 5.74) is 0.997. The molecule has 2 saturated heterocycles. The molecule has 0 bridgehead atoms. The number of methoxy groups -OCH3 is 1. The number of halogens is 3. The number of rotatable bonds is 10. The third kappa shape index (κ3) is 8.43. The SMILES string of the molecule is COc1ccc(-c2ncc(CN3CC[C@@H](C(=O)N4CCC(O)(Cn5cnc6c(ccn6-c6cccc(OC(F)(F)F)c6)c5=O)CC4)[C@H](c4ccccc4)C3)s2)cn1. The first-order valence-electron chi connectivity index (χ1n) is 18.6. The number of carbonyl (C=O) groups is 1. The van der Waals surface area contributed by atoms with E-state index >= 15 is 0 Å². The minimum absolute atomic E-state index is 0.0177.